The SMILES string of the molecule is C[C@H](C(=O)Nc1cccc(N2CCCC2=O)c1)N1CCC(C(=O)N(C)C)CC1. The first-order valence-corrected chi connectivity index (χ1v) is 10.0. The molecule has 28 heavy (non-hydrogen) atoms. The molecule has 0 bridgehead atoms. The highest BCUT2D eigenvalue weighted by atomic mass is 16.2. The molecule has 1 aromatic carbocycles. The number of anilines is 2. The molecule has 3 rings (SSSR count). The molecule has 0 radical (unpaired) electrons. The van der Waals surface area contributed by atoms with E-state index in [0.717, 1.165) is 44.6 Å². The lowest BCUT2D eigenvalue weighted by atomic mass is 9.94. The van der Waals surface area contributed by atoms with Gasteiger partial charge in [0.05, 0.1) is 6.04 Å². The number of nitrogens with zero attached hydrogens (tertiary/aromatic N) is 3. The third-order valence-corrected chi connectivity index (χ3v) is 5.75. The van der Waals surface area contributed by atoms with Gasteiger partial charge in [0.2, 0.25) is 17.7 Å². The van der Waals surface area contributed by atoms with Gasteiger partial charge in [-0.1, -0.05) is 6.07 Å². The summed E-state index contributed by atoms with van der Waals surface area (Å²) in [6.45, 7) is 4.10. The monoisotopic (exact) mass is 386 g/mol. The molecule has 2 aliphatic heterocycles. The molecule has 0 unspecified atom stereocenters. The fourth-order valence-electron chi connectivity index (χ4n) is 3.98. The van der Waals surface area contributed by atoms with E-state index in [4.69, 9.17) is 0 Å². The number of rotatable bonds is 5. The molecule has 1 atom stereocenters. The lowest BCUT2D eigenvalue weighted by Gasteiger charge is -2.35. The molecule has 0 aromatic heterocycles. The fraction of sp³-hybridized carbons (Fsp3) is 0.571. The van der Waals surface area contributed by atoms with Gasteiger partial charge in [-0.15, -0.1) is 0 Å². The zero-order valence-electron chi connectivity index (χ0n) is 17.0. The van der Waals surface area contributed by atoms with Crippen LogP contribution in [-0.4, -0.2) is 67.3 Å². The van der Waals surface area contributed by atoms with Crippen molar-refractivity contribution < 1.29 is 14.4 Å². The summed E-state index contributed by atoms with van der Waals surface area (Å²) in [4.78, 5) is 42.3. The number of carbonyl (C=O) groups is 3. The molecule has 2 heterocycles. The highest BCUT2D eigenvalue weighted by molar-refractivity contribution is 5.98. The summed E-state index contributed by atoms with van der Waals surface area (Å²) in [6.07, 6.45) is 3.01. The summed E-state index contributed by atoms with van der Waals surface area (Å²) >= 11 is 0. The third kappa shape index (κ3) is 4.52. The molecule has 7 nitrogen and oxygen atoms in total. The van der Waals surface area contributed by atoms with Gasteiger partial charge in [0, 0.05) is 44.4 Å². The van der Waals surface area contributed by atoms with Gasteiger partial charge < -0.3 is 15.1 Å². The minimum atomic E-state index is -0.271. The molecule has 2 saturated heterocycles. The van der Waals surface area contributed by atoms with Crippen LogP contribution in [0.4, 0.5) is 11.4 Å². The van der Waals surface area contributed by atoms with Crippen LogP contribution in [0, 0.1) is 5.92 Å². The second-order valence-electron chi connectivity index (χ2n) is 7.91. The molecule has 0 spiro atoms. The number of likely N-dealkylation sites (tertiary alicyclic amines) is 1. The van der Waals surface area contributed by atoms with Crippen molar-refractivity contribution in [1.82, 2.24) is 9.80 Å². The number of benzene rings is 1. The minimum Gasteiger partial charge on any atom is -0.349 e. The zero-order valence-corrected chi connectivity index (χ0v) is 17.0. The Balaban J connectivity index is 1.56. The normalized spacial score (nSPS) is 19.5. The van der Waals surface area contributed by atoms with E-state index in [1.54, 1.807) is 23.9 Å². The van der Waals surface area contributed by atoms with E-state index in [2.05, 4.69) is 10.2 Å². The predicted molar refractivity (Wildman–Crippen MR) is 109 cm³/mol. The molecule has 152 valence electrons. The van der Waals surface area contributed by atoms with Crippen molar-refractivity contribution in [3.63, 3.8) is 0 Å². The number of piperidine rings is 1. The average molecular weight is 386 g/mol. The van der Waals surface area contributed by atoms with Crippen LogP contribution in [0.3, 0.4) is 0 Å². The highest BCUT2D eigenvalue weighted by Gasteiger charge is 2.30. The van der Waals surface area contributed by atoms with E-state index < -0.39 is 0 Å². The molecule has 1 N–H and O–H groups in total. The zero-order chi connectivity index (χ0) is 20.3. The van der Waals surface area contributed by atoms with E-state index in [9.17, 15) is 14.4 Å². The van der Waals surface area contributed by atoms with Crippen LogP contribution in [0.25, 0.3) is 0 Å². The van der Waals surface area contributed by atoms with Crippen molar-refractivity contribution in [3.8, 4) is 0 Å². The average Bonchev–Trinajstić information content (AvgIpc) is 3.13. The van der Waals surface area contributed by atoms with Gasteiger partial charge in [-0.05, 0) is 57.5 Å². The van der Waals surface area contributed by atoms with E-state index >= 15 is 0 Å². The fourth-order valence-corrected chi connectivity index (χ4v) is 3.98. The Hall–Kier alpha value is -2.41. The Morgan fingerprint density at radius 3 is 2.50 bits per heavy atom. The molecule has 0 saturated carbocycles. The minimum absolute atomic E-state index is 0.0520. The number of amides is 3. The van der Waals surface area contributed by atoms with Crippen LogP contribution < -0.4 is 10.2 Å². The summed E-state index contributed by atoms with van der Waals surface area (Å²) < 4.78 is 0. The lowest BCUT2D eigenvalue weighted by Crippen LogP contribution is -2.48. The summed E-state index contributed by atoms with van der Waals surface area (Å²) in [5.41, 5.74) is 1.53. The second kappa shape index (κ2) is 8.73. The standard InChI is InChI=1S/C21H30N4O3/c1-15(24-12-9-16(10-13-24)21(28)23(2)3)20(27)22-17-6-4-7-18(14-17)25-11-5-8-19(25)26/h4,6-7,14-16H,5,8-13H2,1-3H3,(H,22,27)/t15-/m1/s1. The number of hydrogen-bond acceptors (Lipinski definition) is 4. The van der Waals surface area contributed by atoms with Crippen LogP contribution >= 0.6 is 0 Å². The maximum absolute atomic E-state index is 12.7. The first kappa shape index (κ1) is 20.3. The summed E-state index contributed by atoms with van der Waals surface area (Å²) in [5, 5.41) is 2.98. The molecule has 0 aliphatic carbocycles. The first-order chi connectivity index (χ1) is 13.4. The topological polar surface area (TPSA) is 73.0 Å². The maximum Gasteiger partial charge on any atom is 0.241 e. The smallest absolute Gasteiger partial charge is 0.241 e. The van der Waals surface area contributed by atoms with Crippen LogP contribution in [-0.2, 0) is 14.4 Å². The summed E-state index contributed by atoms with van der Waals surface area (Å²) in [5.74, 6) is 0.287. The van der Waals surface area contributed by atoms with E-state index in [0.29, 0.717) is 12.1 Å². The van der Waals surface area contributed by atoms with Crippen LogP contribution in [0.15, 0.2) is 24.3 Å². The largest absolute Gasteiger partial charge is 0.349 e. The Labute approximate surface area is 166 Å². The molecule has 7 heteroatoms. The molecule has 2 aliphatic rings. The molecular formula is C21H30N4O3. The highest BCUT2D eigenvalue weighted by Crippen LogP contribution is 2.25. The van der Waals surface area contributed by atoms with Crippen molar-refractivity contribution in [2.75, 3.05) is 43.9 Å². The van der Waals surface area contributed by atoms with Crippen molar-refractivity contribution in [2.24, 2.45) is 5.92 Å². The van der Waals surface area contributed by atoms with E-state index in [1.807, 2.05) is 31.2 Å². The number of nitrogens with one attached hydrogen (secondary N) is 1. The third-order valence-electron chi connectivity index (χ3n) is 5.75. The van der Waals surface area contributed by atoms with E-state index in [-0.39, 0.29) is 29.7 Å². The Morgan fingerprint density at radius 2 is 1.89 bits per heavy atom. The van der Waals surface area contributed by atoms with Crippen molar-refractivity contribution in [3.05, 3.63) is 24.3 Å². The molecular weight excluding hydrogens is 356 g/mol. The summed E-state index contributed by atoms with van der Waals surface area (Å²) in [6, 6.07) is 7.19. The van der Waals surface area contributed by atoms with Gasteiger partial charge in [-0.2, -0.15) is 0 Å². The van der Waals surface area contributed by atoms with Gasteiger partial charge in [0.25, 0.3) is 0 Å². The predicted octanol–water partition coefficient (Wildman–Crippen LogP) is 1.94. The van der Waals surface area contributed by atoms with Crippen LogP contribution in [0.2, 0.25) is 0 Å². The molecule has 2 fully saturated rings. The van der Waals surface area contributed by atoms with Crippen molar-refractivity contribution in [2.45, 2.75) is 38.6 Å². The van der Waals surface area contributed by atoms with Crippen LogP contribution in [0.1, 0.15) is 32.6 Å². The van der Waals surface area contributed by atoms with Gasteiger partial charge >= 0.3 is 0 Å². The summed E-state index contributed by atoms with van der Waals surface area (Å²) in [7, 11) is 3.57. The van der Waals surface area contributed by atoms with Crippen LogP contribution in [0.5, 0.6) is 0 Å². The quantitative estimate of drug-likeness (QED) is 0.839. The Kier molecular flexibility index (Phi) is 6.34. The maximum atomic E-state index is 12.7. The van der Waals surface area contributed by atoms with E-state index in [1.165, 1.54) is 0 Å². The molecule has 1 aromatic rings. The Morgan fingerprint density at radius 1 is 1.18 bits per heavy atom. The van der Waals surface area contributed by atoms with Gasteiger partial charge in [-0.3, -0.25) is 19.3 Å². The number of hydrogen-bond donors (Lipinski definition) is 1. The molecule has 3 amide bonds. The first-order valence-electron chi connectivity index (χ1n) is 10.0. The van der Waals surface area contributed by atoms with Crippen molar-refractivity contribution >= 4 is 29.1 Å². The second-order valence-corrected chi connectivity index (χ2v) is 7.91. The van der Waals surface area contributed by atoms with Gasteiger partial charge in [0.15, 0.2) is 0 Å². The van der Waals surface area contributed by atoms with Crippen molar-refractivity contribution in [1.29, 1.82) is 0 Å². The number of carbonyl (C=O) groups excluding carboxylic acids is 3. The Bertz CT molecular complexity index is 741. The van der Waals surface area contributed by atoms with Gasteiger partial charge in [0.1, 0.15) is 0 Å². The lowest BCUT2D eigenvalue weighted by molar-refractivity contribution is -0.134. The van der Waals surface area contributed by atoms with Gasteiger partial charge in [-0.25, -0.2) is 0 Å².